The molecule has 9 nitrogen and oxygen atoms in total. The highest BCUT2D eigenvalue weighted by molar-refractivity contribution is 5.99. The van der Waals surface area contributed by atoms with Crippen LogP contribution < -0.4 is 10.6 Å². The number of fused-ring (bicyclic) bond motifs is 1. The van der Waals surface area contributed by atoms with E-state index in [1.54, 1.807) is 24.4 Å². The van der Waals surface area contributed by atoms with Crippen molar-refractivity contribution in [1.29, 1.82) is 0 Å². The quantitative estimate of drug-likeness (QED) is 0.291. The van der Waals surface area contributed by atoms with Crippen LogP contribution in [0.3, 0.4) is 0 Å². The Morgan fingerprint density at radius 2 is 1.94 bits per heavy atom. The molecule has 1 fully saturated rings. The van der Waals surface area contributed by atoms with E-state index in [1.165, 1.54) is 12.8 Å². The molecule has 1 aliphatic rings. The molecule has 0 radical (unpaired) electrons. The van der Waals surface area contributed by atoms with Gasteiger partial charge in [0.05, 0.1) is 11.0 Å². The second-order valence-corrected chi connectivity index (χ2v) is 8.95. The van der Waals surface area contributed by atoms with Gasteiger partial charge in [0, 0.05) is 42.3 Å². The van der Waals surface area contributed by atoms with Gasteiger partial charge in [0.15, 0.2) is 0 Å². The number of anilines is 1. The molecule has 0 spiro atoms. The molecule has 1 unspecified atom stereocenters. The Balaban J connectivity index is 1.30. The Morgan fingerprint density at radius 3 is 2.71 bits per heavy atom. The number of pyridine rings is 1. The molecule has 180 valence electrons. The first kappa shape index (κ1) is 22.6. The molecule has 4 N–H and O–H groups in total. The van der Waals surface area contributed by atoms with E-state index in [-0.39, 0.29) is 6.42 Å². The third-order valence-corrected chi connectivity index (χ3v) is 6.43. The van der Waals surface area contributed by atoms with Crippen LogP contribution in [-0.4, -0.2) is 48.6 Å². The number of H-pyrrole nitrogens is 1. The van der Waals surface area contributed by atoms with Gasteiger partial charge in [-0.15, -0.1) is 0 Å². The zero-order valence-electron chi connectivity index (χ0n) is 19.3. The fraction of sp³-hybridized carbons (Fsp3) is 0.308. The van der Waals surface area contributed by atoms with Crippen LogP contribution in [0, 0.1) is 0 Å². The van der Waals surface area contributed by atoms with Gasteiger partial charge in [0.1, 0.15) is 17.7 Å². The standard InChI is InChI=1S/C26H28N6O3/c33-25(31-21(26(34)35)10-14-32-12-3-4-13-32)18-7-8-20-22(15-18)30-24(29-20)17-9-11-27-23(16-17)28-19-5-1-2-6-19/h3-4,7-9,11-13,15-16,19,21H,1-2,5-6,10,14H2,(H,27,28)(H,29,30)(H,31,33)(H,34,35). The molecule has 0 aliphatic heterocycles. The second-order valence-electron chi connectivity index (χ2n) is 8.95. The summed E-state index contributed by atoms with van der Waals surface area (Å²) in [6.45, 7) is 0.497. The van der Waals surface area contributed by atoms with Crippen LogP contribution in [0.1, 0.15) is 42.5 Å². The van der Waals surface area contributed by atoms with E-state index in [2.05, 4.69) is 25.6 Å². The Morgan fingerprint density at radius 1 is 1.14 bits per heavy atom. The minimum atomic E-state index is -1.06. The van der Waals surface area contributed by atoms with Gasteiger partial charge in [-0.2, -0.15) is 0 Å². The lowest BCUT2D eigenvalue weighted by atomic mass is 10.1. The van der Waals surface area contributed by atoms with Crippen LogP contribution in [0.25, 0.3) is 22.4 Å². The number of carboxylic acid groups (broad SMARTS) is 1. The summed E-state index contributed by atoms with van der Waals surface area (Å²) in [7, 11) is 0. The molecule has 3 heterocycles. The maximum Gasteiger partial charge on any atom is 0.326 e. The molecule has 1 amide bonds. The minimum absolute atomic E-state index is 0.283. The number of imidazole rings is 1. The summed E-state index contributed by atoms with van der Waals surface area (Å²) in [5.74, 6) is 0.0177. The average molecular weight is 473 g/mol. The van der Waals surface area contributed by atoms with E-state index in [0.29, 0.717) is 29.5 Å². The Bertz CT molecular complexity index is 1320. The van der Waals surface area contributed by atoms with Gasteiger partial charge in [0.25, 0.3) is 5.91 Å². The fourth-order valence-corrected chi connectivity index (χ4v) is 4.52. The summed E-state index contributed by atoms with van der Waals surface area (Å²) >= 11 is 0. The van der Waals surface area contributed by atoms with Crippen LogP contribution in [-0.2, 0) is 11.3 Å². The van der Waals surface area contributed by atoms with Crippen LogP contribution in [0.5, 0.6) is 0 Å². The van der Waals surface area contributed by atoms with Crippen LogP contribution >= 0.6 is 0 Å². The van der Waals surface area contributed by atoms with Gasteiger partial charge >= 0.3 is 5.97 Å². The number of aromatic nitrogens is 4. The van der Waals surface area contributed by atoms with Crippen LogP contribution in [0.4, 0.5) is 5.82 Å². The van der Waals surface area contributed by atoms with Crippen molar-refractivity contribution in [3.05, 3.63) is 66.6 Å². The van der Waals surface area contributed by atoms with E-state index >= 15 is 0 Å². The first-order valence-corrected chi connectivity index (χ1v) is 11.9. The molecular weight excluding hydrogens is 444 g/mol. The fourth-order valence-electron chi connectivity index (χ4n) is 4.52. The molecule has 1 aromatic carbocycles. The lowest BCUT2D eigenvalue weighted by Gasteiger charge is -2.15. The summed E-state index contributed by atoms with van der Waals surface area (Å²) in [5, 5.41) is 15.7. The molecule has 35 heavy (non-hydrogen) atoms. The van der Waals surface area contributed by atoms with Gasteiger partial charge in [-0.25, -0.2) is 14.8 Å². The van der Waals surface area contributed by atoms with E-state index in [0.717, 1.165) is 29.7 Å². The Labute approximate surface area is 202 Å². The normalized spacial score (nSPS) is 14.7. The topological polar surface area (TPSA) is 125 Å². The van der Waals surface area contributed by atoms with Gasteiger partial charge < -0.3 is 25.3 Å². The molecule has 1 atom stereocenters. The third kappa shape index (κ3) is 5.34. The number of carboxylic acids is 1. The van der Waals surface area contributed by atoms with Gasteiger partial charge in [-0.3, -0.25) is 4.79 Å². The third-order valence-electron chi connectivity index (χ3n) is 6.43. The van der Waals surface area contributed by atoms with Crippen molar-refractivity contribution in [2.45, 2.75) is 50.7 Å². The van der Waals surface area contributed by atoms with Crippen molar-refractivity contribution >= 4 is 28.7 Å². The summed E-state index contributed by atoms with van der Waals surface area (Å²) in [6, 6.07) is 12.2. The summed E-state index contributed by atoms with van der Waals surface area (Å²) < 4.78 is 1.88. The first-order chi connectivity index (χ1) is 17.0. The van der Waals surface area contributed by atoms with Crippen LogP contribution in [0.15, 0.2) is 61.1 Å². The highest BCUT2D eigenvalue weighted by atomic mass is 16.4. The van der Waals surface area contributed by atoms with E-state index < -0.39 is 17.9 Å². The molecule has 4 aromatic rings. The first-order valence-electron chi connectivity index (χ1n) is 11.9. The molecule has 0 saturated heterocycles. The lowest BCUT2D eigenvalue weighted by molar-refractivity contribution is -0.139. The number of aliphatic carboxylic acids is 1. The highest BCUT2D eigenvalue weighted by Gasteiger charge is 2.21. The number of nitrogens with zero attached hydrogens (tertiary/aromatic N) is 3. The molecule has 5 rings (SSSR count). The SMILES string of the molecule is O=C(NC(CCn1cccc1)C(=O)O)c1ccc2nc(-c3ccnc(NC4CCCC4)c3)[nH]c2c1. The highest BCUT2D eigenvalue weighted by Crippen LogP contribution is 2.25. The van der Waals surface area contributed by atoms with Crippen LogP contribution in [0.2, 0.25) is 0 Å². The maximum atomic E-state index is 12.8. The predicted octanol–water partition coefficient (Wildman–Crippen LogP) is 4.05. The van der Waals surface area contributed by atoms with Crippen molar-refractivity contribution in [1.82, 2.24) is 24.8 Å². The molecular formula is C26H28N6O3. The van der Waals surface area contributed by atoms with E-state index in [4.69, 9.17) is 0 Å². The molecule has 1 aliphatic carbocycles. The number of hydrogen-bond donors (Lipinski definition) is 4. The molecule has 9 heteroatoms. The number of carbonyl (C=O) groups is 2. The van der Waals surface area contributed by atoms with E-state index in [1.807, 2.05) is 41.2 Å². The average Bonchev–Trinajstić information content (AvgIpc) is 3.63. The maximum absolute atomic E-state index is 12.8. The van der Waals surface area contributed by atoms with Crippen molar-refractivity contribution in [2.24, 2.45) is 0 Å². The molecule has 0 bridgehead atoms. The van der Waals surface area contributed by atoms with E-state index in [9.17, 15) is 14.7 Å². The van der Waals surface area contributed by atoms with Crippen molar-refractivity contribution in [2.75, 3.05) is 5.32 Å². The number of aromatic amines is 1. The monoisotopic (exact) mass is 472 g/mol. The zero-order chi connectivity index (χ0) is 24.2. The number of hydrogen-bond acceptors (Lipinski definition) is 5. The smallest absolute Gasteiger partial charge is 0.326 e. The number of benzene rings is 1. The number of rotatable bonds is 9. The Kier molecular flexibility index (Phi) is 6.47. The summed E-state index contributed by atoms with van der Waals surface area (Å²) in [4.78, 5) is 36.9. The number of carbonyl (C=O) groups excluding carboxylic acids is 1. The zero-order valence-corrected chi connectivity index (χ0v) is 19.3. The van der Waals surface area contributed by atoms with Gasteiger partial charge in [-0.05, 0) is 61.7 Å². The second kappa shape index (κ2) is 10.0. The number of aryl methyl sites for hydroxylation is 1. The summed E-state index contributed by atoms with van der Waals surface area (Å²) in [6.07, 6.45) is 10.6. The van der Waals surface area contributed by atoms with Crippen molar-refractivity contribution in [3.8, 4) is 11.4 Å². The number of nitrogens with one attached hydrogen (secondary N) is 3. The largest absolute Gasteiger partial charge is 0.480 e. The van der Waals surface area contributed by atoms with Gasteiger partial charge in [0.2, 0.25) is 0 Å². The molecule has 1 saturated carbocycles. The van der Waals surface area contributed by atoms with Gasteiger partial charge in [-0.1, -0.05) is 12.8 Å². The van der Waals surface area contributed by atoms with Crippen molar-refractivity contribution in [3.63, 3.8) is 0 Å². The van der Waals surface area contributed by atoms with Crippen molar-refractivity contribution < 1.29 is 14.7 Å². The minimum Gasteiger partial charge on any atom is -0.480 e. The number of amides is 1. The summed E-state index contributed by atoms with van der Waals surface area (Å²) in [5.41, 5.74) is 2.70. The molecule has 3 aromatic heterocycles. The predicted molar refractivity (Wildman–Crippen MR) is 133 cm³/mol. The Hall–Kier alpha value is -4.14. The lowest BCUT2D eigenvalue weighted by Crippen LogP contribution is -2.41.